The maximum atomic E-state index is 11.7. The van der Waals surface area contributed by atoms with Crippen molar-refractivity contribution in [2.75, 3.05) is 6.54 Å². The lowest BCUT2D eigenvalue weighted by atomic mass is 9.75. The number of imide groups is 1. The summed E-state index contributed by atoms with van der Waals surface area (Å²) < 4.78 is 0. The Balaban J connectivity index is 1.77. The highest BCUT2D eigenvalue weighted by molar-refractivity contribution is 6.16. The monoisotopic (exact) mass is 339 g/mol. The molecule has 24 heavy (non-hydrogen) atoms. The topological polar surface area (TPSA) is 82.1 Å². The van der Waals surface area contributed by atoms with Gasteiger partial charge in [-0.1, -0.05) is 27.2 Å². The van der Waals surface area contributed by atoms with E-state index in [4.69, 9.17) is 4.89 Å². The van der Waals surface area contributed by atoms with Gasteiger partial charge in [-0.05, 0) is 42.6 Å². The van der Waals surface area contributed by atoms with Crippen molar-refractivity contribution in [3.8, 4) is 0 Å². The summed E-state index contributed by atoms with van der Waals surface area (Å²) in [7, 11) is 0. The first-order chi connectivity index (χ1) is 11.3. The van der Waals surface area contributed by atoms with Crippen LogP contribution < -0.4 is 0 Å². The van der Waals surface area contributed by atoms with E-state index < -0.39 is 24.3 Å². The van der Waals surface area contributed by atoms with Crippen molar-refractivity contribution < 1.29 is 29.2 Å². The fraction of sp³-hybridized carbons (Fsp3) is 0.706. The smallest absolute Gasteiger partial charge is 0.269 e. The van der Waals surface area contributed by atoms with Crippen molar-refractivity contribution in [2.45, 2.75) is 53.1 Å². The molecule has 1 heterocycles. The maximum Gasteiger partial charge on any atom is 0.365 e. The molecule has 1 aliphatic heterocycles. The third-order valence-electron chi connectivity index (χ3n) is 4.73. The third-order valence-corrected chi connectivity index (χ3v) is 4.73. The number of nitrogens with zero attached hydrogens (tertiary/aromatic N) is 1. The van der Waals surface area contributed by atoms with Crippen LogP contribution in [0.5, 0.6) is 0 Å². The first-order valence-electron chi connectivity index (χ1n) is 8.36. The molecule has 1 saturated carbocycles. The molecular weight excluding hydrogens is 314 g/mol. The Morgan fingerprint density at radius 3 is 2.62 bits per heavy atom. The summed E-state index contributed by atoms with van der Waals surface area (Å²) in [6.07, 6.45) is 4.08. The summed E-state index contributed by atoms with van der Waals surface area (Å²) >= 11 is 0. The first-order valence-corrected chi connectivity index (χ1v) is 8.36. The molecule has 3 atom stereocenters. The van der Waals surface area contributed by atoms with E-state index in [1.54, 1.807) is 0 Å². The van der Waals surface area contributed by atoms with Crippen LogP contribution in [-0.2, 0) is 29.2 Å². The molecule has 2 rings (SSSR count). The summed E-state index contributed by atoms with van der Waals surface area (Å²) in [6, 6.07) is 0. The Morgan fingerprint density at radius 2 is 2.04 bits per heavy atom. The average Bonchev–Trinajstić information content (AvgIpc) is 2.73. The van der Waals surface area contributed by atoms with Crippen LogP contribution in [0.1, 0.15) is 47.0 Å². The molecule has 0 aromatic heterocycles. The van der Waals surface area contributed by atoms with Gasteiger partial charge in [-0.3, -0.25) is 19.4 Å². The van der Waals surface area contributed by atoms with E-state index in [0.717, 1.165) is 24.2 Å². The summed E-state index contributed by atoms with van der Waals surface area (Å²) in [5.74, 6) is -0.581. The Bertz CT molecular complexity index is 541. The van der Waals surface area contributed by atoms with Crippen LogP contribution >= 0.6 is 0 Å². The summed E-state index contributed by atoms with van der Waals surface area (Å²) in [5, 5.41) is 4.66. The number of rotatable bonds is 6. The second kappa shape index (κ2) is 7.90. The molecule has 0 bridgehead atoms. The molecule has 3 unspecified atom stereocenters. The van der Waals surface area contributed by atoms with Crippen molar-refractivity contribution in [3.63, 3.8) is 0 Å². The molecule has 2 aliphatic rings. The highest BCUT2D eigenvalue weighted by Gasteiger charge is 2.34. The molecule has 0 spiro atoms. The van der Waals surface area contributed by atoms with Crippen LogP contribution in [0.2, 0.25) is 0 Å². The third kappa shape index (κ3) is 4.42. The Morgan fingerprint density at radius 1 is 1.33 bits per heavy atom. The molecular formula is C17H25NO6. The van der Waals surface area contributed by atoms with Crippen molar-refractivity contribution >= 4 is 17.8 Å². The van der Waals surface area contributed by atoms with Gasteiger partial charge in [0, 0.05) is 11.6 Å². The molecule has 7 nitrogen and oxygen atoms in total. The molecule has 0 aromatic carbocycles. The number of amides is 2. The van der Waals surface area contributed by atoms with Gasteiger partial charge >= 0.3 is 5.97 Å². The minimum Gasteiger partial charge on any atom is -0.269 e. The Hall–Kier alpha value is -1.73. The Kier molecular flexibility index (Phi) is 6.12. The minimum atomic E-state index is -0.857. The lowest BCUT2D eigenvalue weighted by Gasteiger charge is -2.35. The molecule has 1 fully saturated rings. The highest BCUT2D eigenvalue weighted by Crippen LogP contribution is 2.35. The number of carbonyl (C=O) groups excluding carboxylic acids is 3. The number of hydrogen-bond donors (Lipinski definition) is 0. The van der Waals surface area contributed by atoms with Gasteiger partial charge < -0.3 is 0 Å². The van der Waals surface area contributed by atoms with Gasteiger partial charge in [-0.15, -0.1) is 0 Å². The highest BCUT2D eigenvalue weighted by atomic mass is 17.5. The van der Waals surface area contributed by atoms with Crippen LogP contribution in [0.3, 0.4) is 0 Å². The second-order valence-electron chi connectivity index (χ2n) is 7.04. The standard InChI is InChI=1S/C17H25NO6/c1-10(2)13-6-5-11(3)7-14(13)22-24-23-16(20)9-18-15(19)8-12(4)17(18)21/h8,10-11,13-14H,5-7,9H2,1-4H3. The minimum absolute atomic E-state index is 0.138. The van der Waals surface area contributed by atoms with Gasteiger partial charge in [-0.25, -0.2) is 4.79 Å². The predicted octanol–water partition coefficient (Wildman–Crippen LogP) is 2.17. The van der Waals surface area contributed by atoms with Crippen LogP contribution in [0.15, 0.2) is 11.6 Å². The van der Waals surface area contributed by atoms with E-state index in [9.17, 15) is 14.4 Å². The van der Waals surface area contributed by atoms with E-state index in [1.807, 2.05) is 0 Å². The molecule has 1 aliphatic carbocycles. The predicted molar refractivity (Wildman–Crippen MR) is 83.9 cm³/mol. The van der Waals surface area contributed by atoms with Crippen LogP contribution in [0, 0.1) is 17.8 Å². The molecule has 2 amide bonds. The van der Waals surface area contributed by atoms with Gasteiger partial charge in [0.2, 0.25) is 0 Å². The zero-order chi connectivity index (χ0) is 17.9. The normalized spacial score (nSPS) is 27.6. The van der Waals surface area contributed by atoms with E-state index in [1.165, 1.54) is 13.0 Å². The van der Waals surface area contributed by atoms with Crippen molar-refractivity contribution in [1.29, 1.82) is 0 Å². The van der Waals surface area contributed by atoms with Crippen LogP contribution in [0.4, 0.5) is 0 Å². The number of carbonyl (C=O) groups is 3. The van der Waals surface area contributed by atoms with E-state index >= 15 is 0 Å². The van der Waals surface area contributed by atoms with Crippen LogP contribution in [0.25, 0.3) is 0 Å². The van der Waals surface area contributed by atoms with Gasteiger partial charge in [0.25, 0.3) is 11.8 Å². The molecule has 0 radical (unpaired) electrons. The molecule has 7 heteroatoms. The van der Waals surface area contributed by atoms with Gasteiger partial charge in [0.1, 0.15) is 12.6 Å². The average molecular weight is 339 g/mol. The van der Waals surface area contributed by atoms with Gasteiger partial charge in [0.05, 0.1) is 0 Å². The van der Waals surface area contributed by atoms with E-state index in [2.05, 4.69) is 30.7 Å². The quantitative estimate of drug-likeness (QED) is 0.419. The lowest BCUT2D eigenvalue weighted by Crippen LogP contribution is -2.37. The zero-order valence-electron chi connectivity index (χ0n) is 14.6. The summed E-state index contributed by atoms with van der Waals surface area (Å²) in [5.41, 5.74) is 0.293. The second-order valence-corrected chi connectivity index (χ2v) is 7.04. The largest absolute Gasteiger partial charge is 0.365 e. The van der Waals surface area contributed by atoms with Crippen LogP contribution in [-0.4, -0.2) is 35.3 Å². The van der Waals surface area contributed by atoms with Crippen molar-refractivity contribution in [1.82, 2.24) is 4.90 Å². The van der Waals surface area contributed by atoms with E-state index in [-0.39, 0.29) is 6.10 Å². The van der Waals surface area contributed by atoms with E-state index in [0.29, 0.717) is 23.3 Å². The Labute approximate surface area is 141 Å². The number of hydrogen-bond acceptors (Lipinski definition) is 6. The van der Waals surface area contributed by atoms with Crippen molar-refractivity contribution in [3.05, 3.63) is 11.6 Å². The summed E-state index contributed by atoms with van der Waals surface area (Å²) in [4.78, 5) is 45.6. The van der Waals surface area contributed by atoms with Gasteiger partial charge in [0.15, 0.2) is 0 Å². The van der Waals surface area contributed by atoms with Gasteiger partial charge in [-0.2, -0.15) is 4.89 Å². The fourth-order valence-corrected chi connectivity index (χ4v) is 3.28. The summed E-state index contributed by atoms with van der Waals surface area (Å²) in [6.45, 7) is 7.43. The SMILES string of the molecule is CC1=CC(=O)N(CC(=O)OOOC2CC(C)CCC2C(C)C)C1=O. The van der Waals surface area contributed by atoms with Crippen molar-refractivity contribution in [2.24, 2.45) is 17.8 Å². The zero-order valence-corrected chi connectivity index (χ0v) is 14.6. The molecule has 0 aromatic rings. The fourth-order valence-electron chi connectivity index (χ4n) is 3.28. The molecule has 134 valence electrons. The molecule has 0 saturated heterocycles. The lowest BCUT2D eigenvalue weighted by molar-refractivity contribution is -0.508. The first kappa shape index (κ1) is 18.6. The maximum absolute atomic E-state index is 11.7. The molecule has 0 N–H and O–H groups in total.